The van der Waals surface area contributed by atoms with Crippen molar-refractivity contribution >= 4 is 17.9 Å². The van der Waals surface area contributed by atoms with Gasteiger partial charge < -0.3 is 14.2 Å². The van der Waals surface area contributed by atoms with Crippen LogP contribution in [0.15, 0.2) is 158 Å². The molecule has 0 radical (unpaired) electrons. The van der Waals surface area contributed by atoms with Gasteiger partial charge in [-0.15, -0.1) is 0 Å². The molecule has 0 heterocycles. The predicted molar refractivity (Wildman–Crippen MR) is 343 cm³/mol. The minimum atomic E-state index is -0.810. The number of hydrogen-bond acceptors (Lipinski definition) is 6. The van der Waals surface area contributed by atoms with E-state index < -0.39 is 6.10 Å². The molecule has 6 heteroatoms. The largest absolute Gasteiger partial charge is 0.462 e. The van der Waals surface area contributed by atoms with Gasteiger partial charge in [0.25, 0.3) is 0 Å². The Morgan fingerprint density at radius 2 is 0.456 bits per heavy atom. The summed E-state index contributed by atoms with van der Waals surface area (Å²) in [5.74, 6) is -0.953. The zero-order valence-electron chi connectivity index (χ0n) is 50.8. The van der Waals surface area contributed by atoms with Crippen molar-refractivity contribution in [2.24, 2.45) is 0 Å². The topological polar surface area (TPSA) is 78.9 Å². The lowest BCUT2D eigenvalue weighted by molar-refractivity contribution is -0.167. The maximum atomic E-state index is 12.9. The first-order valence-corrected chi connectivity index (χ1v) is 32.0. The van der Waals surface area contributed by atoms with Gasteiger partial charge in [-0.3, -0.25) is 14.4 Å². The lowest BCUT2D eigenvalue weighted by atomic mass is 10.1. The zero-order chi connectivity index (χ0) is 57.1. The third kappa shape index (κ3) is 63.7. The molecule has 0 aliphatic rings. The summed E-state index contributed by atoms with van der Waals surface area (Å²) in [5, 5.41) is 0. The minimum absolute atomic E-state index is 0.103. The van der Waals surface area contributed by atoms with Crippen molar-refractivity contribution in [1.29, 1.82) is 0 Å². The van der Waals surface area contributed by atoms with Gasteiger partial charge in [-0.05, 0) is 141 Å². The van der Waals surface area contributed by atoms with E-state index in [9.17, 15) is 14.4 Å². The van der Waals surface area contributed by atoms with E-state index in [-0.39, 0.29) is 31.1 Å². The molecule has 444 valence electrons. The van der Waals surface area contributed by atoms with Gasteiger partial charge in [-0.1, -0.05) is 262 Å². The Bertz CT molecular complexity index is 1780. The standard InChI is InChI=1S/C73H116O6/c1-4-7-10-13-16-19-22-25-28-31-34-36-39-42-45-48-51-54-57-60-63-66-72(75)78-69-70(68-77-71(74)65-62-59-56-53-50-47-44-41-38-33-30-27-24-21-18-15-12-9-6-3)79-73(76)67-64-61-58-55-52-49-46-43-40-37-35-32-29-26-23-20-17-14-11-8-5-2/h7-12,16-21,25-30,34-38,41,47,50,70H,4-6,13-15,22-24,31-33,39-40,42-46,48-49,51-69H2,1-3H3/b10-7-,11-8-,12-9-,19-16-,20-17-,21-18-,28-25-,29-26-,30-27-,36-34-,37-35-,41-38-,50-47-. The lowest BCUT2D eigenvalue weighted by Crippen LogP contribution is -2.30. The van der Waals surface area contributed by atoms with Crippen LogP contribution in [-0.4, -0.2) is 37.2 Å². The van der Waals surface area contributed by atoms with Gasteiger partial charge in [0.2, 0.25) is 0 Å². The van der Waals surface area contributed by atoms with Crippen molar-refractivity contribution in [2.75, 3.05) is 13.2 Å². The third-order valence-corrected chi connectivity index (χ3v) is 13.0. The number of hydrogen-bond donors (Lipinski definition) is 0. The smallest absolute Gasteiger partial charge is 0.306 e. The second-order valence-corrected chi connectivity index (χ2v) is 20.5. The molecular formula is C73H116O6. The van der Waals surface area contributed by atoms with E-state index in [0.29, 0.717) is 19.3 Å². The monoisotopic (exact) mass is 1090 g/mol. The van der Waals surface area contributed by atoms with Gasteiger partial charge >= 0.3 is 17.9 Å². The first-order valence-electron chi connectivity index (χ1n) is 32.0. The highest BCUT2D eigenvalue weighted by atomic mass is 16.6. The average Bonchev–Trinajstić information content (AvgIpc) is 3.45. The van der Waals surface area contributed by atoms with Crippen LogP contribution in [0.3, 0.4) is 0 Å². The normalized spacial score (nSPS) is 13.2. The van der Waals surface area contributed by atoms with Crippen molar-refractivity contribution in [3.8, 4) is 0 Å². The second-order valence-electron chi connectivity index (χ2n) is 20.5. The van der Waals surface area contributed by atoms with Crippen LogP contribution in [0.5, 0.6) is 0 Å². The Morgan fingerprint density at radius 3 is 0.722 bits per heavy atom. The number of carbonyl (C=O) groups is 3. The summed E-state index contributed by atoms with van der Waals surface area (Å²) in [4.78, 5) is 38.4. The number of ether oxygens (including phenoxy) is 3. The van der Waals surface area contributed by atoms with Gasteiger partial charge in [0, 0.05) is 19.3 Å². The van der Waals surface area contributed by atoms with Crippen molar-refractivity contribution in [2.45, 2.75) is 271 Å². The first kappa shape index (κ1) is 74.0. The molecule has 0 rings (SSSR count). The first-order chi connectivity index (χ1) is 39.0. The van der Waals surface area contributed by atoms with E-state index in [4.69, 9.17) is 14.2 Å². The molecule has 0 saturated heterocycles. The Labute approximate surface area is 486 Å². The molecular weight excluding hydrogens is 973 g/mol. The molecule has 0 aliphatic carbocycles. The number of unbranched alkanes of at least 4 members (excludes halogenated alkanes) is 19. The molecule has 1 unspecified atom stereocenters. The van der Waals surface area contributed by atoms with E-state index in [0.717, 1.165) is 161 Å². The Kier molecular flexibility index (Phi) is 61.4. The summed E-state index contributed by atoms with van der Waals surface area (Å²) in [6, 6.07) is 0. The molecule has 0 aromatic rings. The van der Waals surface area contributed by atoms with Crippen LogP contribution >= 0.6 is 0 Å². The number of allylic oxidation sites excluding steroid dienone is 26. The maximum Gasteiger partial charge on any atom is 0.306 e. The van der Waals surface area contributed by atoms with Crippen molar-refractivity contribution in [1.82, 2.24) is 0 Å². The molecule has 79 heavy (non-hydrogen) atoms. The Balaban J connectivity index is 4.50. The molecule has 1 atom stereocenters. The number of rotatable bonds is 56. The fraction of sp³-hybridized carbons (Fsp3) is 0.603. The molecule has 0 aliphatic heterocycles. The molecule has 0 amide bonds. The summed E-state index contributed by atoms with van der Waals surface area (Å²) in [7, 11) is 0. The third-order valence-electron chi connectivity index (χ3n) is 13.0. The van der Waals surface area contributed by atoms with Gasteiger partial charge in [0.05, 0.1) is 0 Å². The molecule has 0 N–H and O–H groups in total. The van der Waals surface area contributed by atoms with Crippen LogP contribution in [-0.2, 0) is 28.6 Å². The SMILES string of the molecule is CC/C=C\C/C=C\C/C=C\C/C=C\C/C=C\CCCCCC(=O)OCC(COC(=O)CCCCCCCCCC/C=C\C/C=C\C/C=C\C/C=C\CC)OC(=O)CCCCCCCCCC/C=C\C/C=C\C/C=C\C/C=C\CC. The van der Waals surface area contributed by atoms with Crippen LogP contribution in [0.4, 0.5) is 0 Å². The highest BCUT2D eigenvalue weighted by molar-refractivity contribution is 5.71. The van der Waals surface area contributed by atoms with E-state index in [2.05, 4.69) is 179 Å². The second kappa shape index (κ2) is 65.5. The van der Waals surface area contributed by atoms with E-state index in [1.807, 2.05) is 0 Å². The lowest BCUT2D eigenvalue weighted by Gasteiger charge is -2.18. The van der Waals surface area contributed by atoms with Gasteiger partial charge in [0.1, 0.15) is 13.2 Å². The molecule has 6 nitrogen and oxygen atoms in total. The van der Waals surface area contributed by atoms with Gasteiger partial charge in [-0.25, -0.2) is 0 Å². The average molecular weight is 1090 g/mol. The van der Waals surface area contributed by atoms with Crippen LogP contribution in [0, 0.1) is 0 Å². The fourth-order valence-corrected chi connectivity index (χ4v) is 8.33. The molecule has 0 saturated carbocycles. The molecule has 0 aromatic carbocycles. The molecule has 0 fully saturated rings. The summed E-state index contributed by atoms with van der Waals surface area (Å²) in [5.41, 5.74) is 0. The van der Waals surface area contributed by atoms with Gasteiger partial charge in [0.15, 0.2) is 6.10 Å². The number of esters is 3. The van der Waals surface area contributed by atoms with Crippen molar-refractivity contribution < 1.29 is 28.6 Å². The van der Waals surface area contributed by atoms with Crippen molar-refractivity contribution in [3.63, 3.8) is 0 Å². The van der Waals surface area contributed by atoms with Gasteiger partial charge in [-0.2, -0.15) is 0 Å². The summed E-state index contributed by atoms with van der Waals surface area (Å²) in [6.07, 6.45) is 95.2. The number of carbonyl (C=O) groups excluding carboxylic acids is 3. The fourth-order valence-electron chi connectivity index (χ4n) is 8.33. The molecule has 0 spiro atoms. The summed E-state index contributed by atoms with van der Waals surface area (Å²) in [6.45, 7) is 6.26. The highest BCUT2D eigenvalue weighted by Crippen LogP contribution is 2.15. The Hall–Kier alpha value is -4.97. The zero-order valence-corrected chi connectivity index (χ0v) is 50.8. The van der Waals surface area contributed by atoms with Crippen molar-refractivity contribution in [3.05, 3.63) is 158 Å². The van der Waals surface area contributed by atoms with E-state index >= 15 is 0 Å². The van der Waals surface area contributed by atoms with E-state index in [1.165, 1.54) is 64.2 Å². The quantitative estimate of drug-likeness (QED) is 0.0261. The Morgan fingerprint density at radius 1 is 0.253 bits per heavy atom. The van der Waals surface area contributed by atoms with E-state index in [1.54, 1.807) is 0 Å². The summed E-state index contributed by atoms with van der Waals surface area (Å²) < 4.78 is 16.9. The molecule has 0 bridgehead atoms. The highest BCUT2D eigenvalue weighted by Gasteiger charge is 2.19. The van der Waals surface area contributed by atoms with Crippen LogP contribution < -0.4 is 0 Å². The van der Waals surface area contributed by atoms with Crippen LogP contribution in [0.25, 0.3) is 0 Å². The van der Waals surface area contributed by atoms with Crippen LogP contribution in [0.2, 0.25) is 0 Å². The minimum Gasteiger partial charge on any atom is -0.462 e. The summed E-state index contributed by atoms with van der Waals surface area (Å²) >= 11 is 0. The maximum absolute atomic E-state index is 12.9. The van der Waals surface area contributed by atoms with Crippen LogP contribution in [0.1, 0.15) is 265 Å². The molecule has 0 aromatic heterocycles. The predicted octanol–water partition coefficient (Wildman–Crippen LogP) is 22.1.